The maximum absolute atomic E-state index is 13.3. The zero-order valence-corrected chi connectivity index (χ0v) is 14.8. The van der Waals surface area contributed by atoms with Crippen LogP contribution in [-0.2, 0) is 6.18 Å². The lowest BCUT2D eigenvalue weighted by molar-refractivity contribution is -0.137. The summed E-state index contributed by atoms with van der Waals surface area (Å²) < 4.78 is 46.9. The summed E-state index contributed by atoms with van der Waals surface area (Å²) in [5, 5.41) is 0. The molecular weight excluding hydrogens is 357 g/mol. The van der Waals surface area contributed by atoms with E-state index in [-0.39, 0.29) is 0 Å². The molecule has 0 aliphatic carbocycles. The number of aromatic nitrogens is 4. The van der Waals surface area contributed by atoms with Gasteiger partial charge in [0.2, 0.25) is 0 Å². The Bertz CT molecular complexity index is 1180. The third-order valence-corrected chi connectivity index (χ3v) is 4.47. The van der Waals surface area contributed by atoms with Crippen molar-refractivity contribution in [2.75, 3.05) is 7.11 Å². The van der Waals surface area contributed by atoms with E-state index in [4.69, 9.17) is 4.74 Å². The van der Waals surface area contributed by atoms with E-state index in [1.165, 1.54) is 13.2 Å². The van der Waals surface area contributed by atoms with Crippen LogP contribution < -0.4 is 4.74 Å². The monoisotopic (exact) mass is 372 g/mol. The Morgan fingerprint density at radius 3 is 2.48 bits per heavy atom. The molecule has 3 aromatic heterocycles. The largest absolute Gasteiger partial charge is 0.496 e. The molecule has 3 heterocycles. The molecule has 5 nitrogen and oxygen atoms in total. The maximum Gasteiger partial charge on any atom is 0.416 e. The molecule has 4 rings (SSSR count). The molecule has 0 amide bonds. The van der Waals surface area contributed by atoms with Crippen LogP contribution >= 0.6 is 0 Å². The number of fused-ring (bicyclic) bond motifs is 3. The number of rotatable bonds is 2. The van der Waals surface area contributed by atoms with Gasteiger partial charge in [0.1, 0.15) is 5.75 Å². The van der Waals surface area contributed by atoms with Gasteiger partial charge in [-0.15, -0.1) is 0 Å². The molecule has 0 N–H and O–H groups in total. The molecule has 0 spiro atoms. The number of alkyl halides is 3. The van der Waals surface area contributed by atoms with E-state index in [1.54, 1.807) is 29.8 Å². The van der Waals surface area contributed by atoms with E-state index >= 15 is 0 Å². The summed E-state index contributed by atoms with van der Waals surface area (Å²) in [6, 6.07) is 5.20. The zero-order chi connectivity index (χ0) is 19.3. The fraction of sp³-hybridized carbons (Fsp3) is 0.211. The van der Waals surface area contributed by atoms with Crippen molar-refractivity contribution in [2.24, 2.45) is 0 Å². The highest BCUT2D eigenvalue weighted by Crippen LogP contribution is 2.35. The van der Waals surface area contributed by atoms with Gasteiger partial charge in [0, 0.05) is 12.4 Å². The predicted molar refractivity (Wildman–Crippen MR) is 94.8 cm³/mol. The topological polar surface area (TPSA) is 52.3 Å². The minimum Gasteiger partial charge on any atom is -0.496 e. The standard InChI is InChI=1S/C19H15F3N4O/c1-10-17-11(2)25-18(13-9-23-7-6-16(13)27-3)26(17)15-8-12(19(20,21)22)4-5-14(15)24-10/h4-9H,1-3H3. The Labute approximate surface area is 152 Å². The number of aryl methyl sites for hydroxylation is 2. The fourth-order valence-corrected chi connectivity index (χ4v) is 3.30. The third-order valence-electron chi connectivity index (χ3n) is 4.47. The summed E-state index contributed by atoms with van der Waals surface area (Å²) in [4.78, 5) is 13.2. The molecule has 4 aromatic rings. The van der Waals surface area contributed by atoms with Gasteiger partial charge in [-0.05, 0) is 38.1 Å². The van der Waals surface area contributed by atoms with Gasteiger partial charge < -0.3 is 4.74 Å². The molecule has 0 fully saturated rings. The molecule has 0 bridgehead atoms. The average molecular weight is 372 g/mol. The van der Waals surface area contributed by atoms with Crippen LogP contribution in [0.3, 0.4) is 0 Å². The third kappa shape index (κ3) is 2.68. The molecular formula is C19H15F3N4O. The Morgan fingerprint density at radius 2 is 1.78 bits per heavy atom. The van der Waals surface area contributed by atoms with Gasteiger partial charge >= 0.3 is 6.18 Å². The summed E-state index contributed by atoms with van der Waals surface area (Å²) in [5.41, 5.74) is 2.65. The Morgan fingerprint density at radius 1 is 1.04 bits per heavy atom. The first-order valence-corrected chi connectivity index (χ1v) is 8.16. The number of imidazole rings is 1. The van der Waals surface area contributed by atoms with E-state index in [1.807, 2.05) is 6.92 Å². The molecule has 1 aromatic carbocycles. The van der Waals surface area contributed by atoms with Crippen molar-refractivity contribution < 1.29 is 17.9 Å². The lowest BCUT2D eigenvalue weighted by Crippen LogP contribution is -2.06. The van der Waals surface area contributed by atoms with Gasteiger partial charge in [-0.2, -0.15) is 13.2 Å². The SMILES string of the molecule is COc1ccncc1-c1nc(C)c2c(C)nc3ccc(C(F)(F)F)cc3n12. The number of halogens is 3. The Balaban J connectivity index is 2.17. The van der Waals surface area contributed by atoms with Crippen LogP contribution in [0, 0.1) is 13.8 Å². The van der Waals surface area contributed by atoms with E-state index in [0.717, 1.165) is 12.1 Å². The summed E-state index contributed by atoms with van der Waals surface area (Å²) in [5.74, 6) is 0.994. The van der Waals surface area contributed by atoms with Gasteiger partial charge in [0.25, 0.3) is 0 Å². The molecule has 0 saturated heterocycles. The zero-order valence-electron chi connectivity index (χ0n) is 14.8. The highest BCUT2D eigenvalue weighted by atomic mass is 19.4. The van der Waals surface area contributed by atoms with Gasteiger partial charge in [-0.3, -0.25) is 9.38 Å². The fourth-order valence-electron chi connectivity index (χ4n) is 3.30. The van der Waals surface area contributed by atoms with Crippen molar-refractivity contribution in [3.63, 3.8) is 0 Å². The average Bonchev–Trinajstić information content (AvgIpc) is 2.99. The van der Waals surface area contributed by atoms with E-state index in [0.29, 0.717) is 45.1 Å². The Kier molecular flexibility index (Phi) is 3.80. The molecule has 0 aliphatic rings. The van der Waals surface area contributed by atoms with Gasteiger partial charge in [-0.25, -0.2) is 9.97 Å². The van der Waals surface area contributed by atoms with Gasteiger partial charge in [0.05, 0.1) is 46.2 Å². The first kappa shape index (κ1) is 17.3. The summed E-state index contributed by atoms with van der Waals surface area (Å²) in [6.07, 6.45) is -1.28. The lowest BCUT2D eigenvalue weighted by Gasteiger charge is -2.12. The van der Waals surface area contributed by atoms with E-state index < -0.39 is 11.7 Å². The van der Waals surface area contributed by atoms with E-state index in [9.17, 15) is 13.2 Å². The normalized spacial score (nSPS) is 12.1. The summed E-state index contributed by atoms with van der Waals surface area (Å²) in [6.45, 7) is 3.61. The number of hydrogen-bond acceptors (Lipinski definition) is 4. The number of methoxy groups -OCH3 is 1. The minimum absolute atomic E-state index is 0.326. The summed E-state index contributed by atoms with van der Waals surface area (Å²) in [7, 11) is 1.52. The number of pyridine rings is 1. The second-order valence-corrected chi connectivity index (χ2v) is 6.18. The van der Waals surface area contributed by atoms with Crippen LogP contribution in [0.2, 0.25) is 0 Å². The smallest absolute Gasteiger partial charge is 0.416 e. The van der Waals surface area contributed by atoms with Gasteiger partial charge in [0.15, 0.2) is 5.82 Å². The predicted octanol–water partition coefficient (Wildman–Crippen LogP) is 4.59. The van der Waals surface area contributed by atoms with Crippen LogP contribution in [0.4, 0.5) is 13.2 Å². The maximum atomic E-state index is 13.3. The van der Waals surface area contributed by atoms with Crippen molar-refractivity contribution in [3.05, 3.63) is 53.6 Å². The second-order valence-electron chi connectivity index (χ2n) is 6.18. The van der Waals surface area contributed by atoms with Crippen molar-refractivity contribution in [1.82, 2.24) is 19.4 Å². The lowest BCUT2D eigenvalue weighted by atomic mass is 10.1. The number of benzene rings is 1. The van der Waals surface area contributed by atoms with Gasteiger partial charge in [-0.1, -0.05) is 0 Å². The molecule has 0 aliphatic heterocycles. The summed E-state index contributed by atoms with van der Waals surface area (Å²) >= 11 is 0. The molecule has 0 saturated carbocycles. The van der Waals surface area contributed by atoms with Crippen molar-refractivity contribution in [2.45, 2.75) is 20.0 Å². The minimum atomic E-state index is -4.45. The number of ether oxygens (including phenoxy) is 1. The van der Waals surface area contributed by atoms with Crippen LogP contribution in [-0.4, -0.2) is 26.5 Å². The van der Waals surface area contributed by atoms with Crippen LogP contribution in [0.5, 0.6) is 5.75 Å². The molecule has 8 heteroatoms. The molecule has 0 radical (unpaired) electrons. The first-order chi connectivity index (χ1) is 12.8. The molecule has 27 heavy (non-hydrogen) atoms. The van der Waals surface area contributed by atoms with Crippen LogP contribution in [0.25, 0.3) is 27.9 Å². The van der Waals surface area contributed by atoms with Crippen molar-refractivity contribution in [3.8, 4) is 17.1 Å². The number of nitrogens with zero attached hydrogens (tertiary/aromatic N) is 4. The molecule has 0 unspecified atom stereocenters. The highest BCUT2D eigenvalue weighted by molar-refractivity contribution is 5.85. The van der Waals surface area contributed by atoms with Crippen molar-refractivity contribution >= 4 is 16.6 Å². The highest BCUT2D eigenvalue weighted by Gasteiger charge is 2.31. The van der Waals surface area contributed by atoms with Crippen molar-refractivity contribution in [1.29, 1.82) is 0 Å². The molecule has 138 valence electrons. The van der Waals surface area contributed by atoms with E-state index in [2.05, 4.69) is 15.0 Å². The molecule has 0 atom stereocenters. The van der Waals surface area contributed by atoms with Crippen LogP contribution in [0.15, 0.2) is 36.7 Å². The quantitative estimate of drug-likeness (QED) is 0.516. The first-order valence-electron chi connectivity index (χ1n) is 8.16. The Hall–Kier alpha value is -3.16. The van der Waals surface area contributed by atoms with Crippen LogP contribution in [0.1, 0.15) is 17.0 Å². The second kappa shape index (κ2) is 5.94. The number of hydrogen-bond donors (Lipinski definition) is 0.